The van der Waals surface area contributed by atoms with Gasteiger partial charge in [-0.2, -0.15) is 0 Å². The average molecular weight is 295 g/mol. The number of fused-ring (bicyclic) bond motifs is 1. The number of rotatable bonds is 4. The van der Waals surface area contributed by atoms with E-state index in [0.29, 0.717) is 12.1 Å². The van der Waals surface area contributed by atoms with Crippen LogP contribution in [0.15, 0.2) is 60.9 Å². The molecule has 0 saturated carbocycles. The maximum Gasteiger partial charge on any atom is 0.244 e. The molecule has 110 valence electrons. The molecule has 3 aromatic rings. The molecule has 0 bridgehead atoms. The van der Waals surface area contributed by atoms with Crippen LogP contribution in [0, 0.1) is 5.82 Å². The number of nitrogens with one attached hydrogen (secondary N) is 1. The lowest BCUT2D eigenvalue weighted by atomic mass is 10.2. The van der Waals surface area contributed by atoms with Gasteiger partial charge in [-0.1, -0.05) is 18.2 Å². The van der Waals surface area contributed by atoms with Gasteiger partial charge in [0.1, 0.15) is 11.5 Å². The van der Waals surface area contributed by atoms with E-state index < -0.39 is 0 Å². The van der Waals surface area contributed by atoms with Gasteiger partial charge in [-0.25, -0.2) is 9.37 Å². The van der Waals surface area contributed by atoms with Gasteiger partial charge in [0, 0.05) is 18.5 Å². The van der Waals surface area contributed by atoms with Crippen LogP contribution in [0.2, 0.25) is 0 Å². The number of hydrogen-bond donors (Lipinski definition) is 1. The molecule has 0 spiro atoms. The Morgan fingerprint density at radius 1 is 1.27 bits per heavy atom. The Bertz CT molecular complexity index is 806. The number of hydrogen-bond acceptors (Lipinski definition) is 2. The largest absolute Gasteiger partial charge is 0.347 e. The normalized spacial score (nSPS) is 11.1. The van der Waals surface area contributed by atoms with Crippen LogP contribution in [0.5, 0.6) is 0 Å². The Hall–Kier alpha value is -2.95. The Kier molecular flexibility index (Phi) is 3.96. The first-order chi connectivity index (χ1) is 10.7. The van der Waals surface area contributed by atoms with Crippen LogP contribution in [0.4, 0.5) is 4.39 Å². The molecular formula is C17H14FN3O. The van der Waals surface area contributed by atoms with E-state index in [0.717, 1.165) is 11.3 Å². The van der Waals surface area contributed by atoms with Crippen LogP contribution in [0.25, 0.3) is 11.7 Å². The van der Waals surface area contributed by atoms with Gasteiger partial charge in [0.2, 0.25) is 5.91 Å². The van der Waals surface area contributed by atoms with Gasteiger partial charge < -0.3 is 9.72 Å². The molecule has 0 fully saturated rings. The quantitative estimate of drug-likeness (QED) is 0.752. The Balaban J connectivity index is 1.60. The van der Waals surface area contributed by atoms with E-state index in [4.69, 9.17) is 0 Å². The summed E-state index contributed by atoms with van der Waals surface area (Å²) in [4.78, 5) is 16.2. The first-order valence-corrected chi connectivity index (χ1v) is 6.85. The molecule has 2 aromatic heterocycles. The smallest absolute Gasteiger partial charge is 0.244 e. The standard InChI is InChI=1S/C17H14FN3O/c18-14-5-3-4-13(10-14)7-8-17(22)19-11-15-12-21-9-2-1-6-16(21)20-15/h1-10,12H,11H2,(H,19,22)/b8-7+. The predicted molar refractivity (Wildman–Crippen MR) is 82.5 cm³/mol. The molecule has 1 aromatic carbocycles. The second-order valence-corrected chi connectivity index (χ2v) is 4.80. The van der Waals surface area contributed by atoms with Gasteiger partial charge in [-0.05, 0) is 35.9 Å². The summed E-state index contributed by atoms with van der Waals surface area (Å²) < 4.78 is 14.9. The lowest BCUT2D eigenvalue weighted by molar-refractivity contribution is -0.116. The zero-order valence-electron chi connectivity index (χ0n) is 11.7. The third-order valence-electron chi connectivity index (χ3n) is 3.13. The Morgan fingerprint density at radius 2 is 2.18 bits per heavy atom. The summed E-state index contributed by atoms with van der Waals surface area (Å²) in [6, 6.07) is 11.8. The molecular weight excluding hydrogens is 281 g/mol. The van der Waals surface area contributed by atoms with Gasteiger partial charge in [0.05, 0.1) is 12.2 Å². The van der Waals surface area contributed by atoms with E-state index in [2.05, 4.69) is 10.3 Å². The summed E-state index contributed by atoms with van der Waals surface area (Å²) >= 11 is 0. The minimum absolute atomic E-state index is 0.249. The summed E-state index contributed by atoms with van der Waals surface area (Å²) in [7, 11) is 0. The fraction of sp³-hybridized carbons (Fsp3) is 0.0588. The van der Waals surface area contributed by atoms with Gasteiger partial charge in [-0.15, -0.1) is 0 Å². The fourth-order valence-electron chi connectivity index (χ4n) is 2.09. The number of benzene rings is 1. The second-order valence-electron chi connectivity index (χ2n) is 4.80. The van der Waals surface area contributed by atoms with Crippen molar-refractivity contribution in [1.82, 2.24) is 14.7 Å². The Morgan fingerprint density at radius 3 is 3.00 bits per heavy atom. The van der Waals surface area contributed by atoms with E-state index in [-0.39, 0.29) is 11.7 Å². The number of amides is 1. The summed E-state index contributed by atoms with van der Waals surface area (Å²) in [5.74, 6) is -0.575. The van der Waals surface area contributed by atoms with Crippen molar-refractivity contribution in [3.05, 3.63) is 78.0 Å². The molecule has 22 heavy (non-hydrogen) atoms. The molecule has 0 aliphatic heterocycles. The average Bonchev–Trinajstić information content (AvgIpc) is 2.94. The third-order valence-corrected chi connectivity index (χ3v) is 3.13. The van der Waals surface area contributed by atoms with Crippen LogP contribution in [-0.4, -0.2) is 15.3 Å². The van der Waals surface area contributed by atoms with Gasteiger partial charge in [-0.3, -0.25) is 4.79 Å². The summed E-state index contributed by atoms with van der Waals surface area (Å²) in [5.41, 5.74) is 2.25. The van der Waals surface area contributed by atoms with Gasteiger partial charge in [0.15, 0.2) is 0 Å². The molecule has 0 radical (unpaired) electrons. The maximum absolute atomic E-state index is 13.0. The van der Waals surface area contributed by atoms with Crippen molar-refractivity contribution < 1.29 is 9.18 Å². The van der Waals surface area contributed by atoms with Crippen LogP contribution >= 0.6 is 0 Å². The van der Waals surface area contributed by atoms with Gasteiger partial charge in [0.25, 0.3) is 0 Å². The lowest BCUT2D eigenvalue weighted by Gasteiger charge is -1.98. The molecule has 0 aliphatic carbocycles. The van der Waals surface area contributed by atoms with Crippen molar-refractivity contribution in [1.29, 1.82) is 0 Å². The van der Waals surface area contributed by atoms with Gasteiger partial charge >= 0.3 is 0 Å². The Labute approximate surface area is 126 Å². The number of nitrogens with zero attached hydrogens (tertiary/aromatic N) is 2. The number of pyridine rings is 1. The molecule has 0 unspecified atom stereocenters. The molecule has 1 amide bonds. The second kappa shape index (κ2) is 6.22. The van der Waals surface area contributed by atoms with Crippen molar-refractivity contribution in [3.63, 3.8) is 0 Å². The third kappa shape index (κ3) is 3.38. The molecule has 0 atom stereocenters. The van der Waals surface area contributed by atoms with Crippen molar-refractivity contribution in [2.45, 2.75) is 6.54 Å². The zero-order valence-corrected chi connectivity index (χ0v) is 11.7. The minimum Gasteiger partial charge on any atom is -0.347 e. The molecule has 2 heterocycles. The molecule has 4 nitrogen and oxygen atoms in total. The molecule has 3 rings (SSSR count). The highest BCUT2D eigenvalue weighted by molar-refractivity contribution is 5.91. The topological polar surface area (TPSA) is 46.4 Å². The SMILES string of the molecule is O=C(/C=C/c1cccc(F)c1)NCc1cn2ccccc2n1. The number of carbonyl (C=O) groups is 1. The summed E-state index contributed by atoms with van der Waals surface area (Å²) in [6.45, 7) is 0.341. The number of carbonyl (C=O) groups excluding carboxylic acids is 1. The number of aromatic nitrogens is 2. The fourth-order valence-corrected chi connectivity index (χ4v) is 2.09. The van der Waals surface area contributed by atoms with Crippen LogP contribution in [0.3, 0.4) is 0 Å². The number of imidazole rings is 1. The van der Waals surface area contributed by atoms with Crippen LogP contribution < -0.4 is 5.32 Å². The number of halogens is 1. The zero-order chi connectivity index (χ0) is 15.4. The summed E-state index contributed by atoms with van der Waals surface area (Å²) in [6.07, 6.45) is 6.72. The van der Waals surface area contributed by atoms with Crippen LogP contribution in [-0.2, 0) is 11.3 Å². The molecule has 5 heteroatoms. The van der Waals surface area contributed by atoms with Crippen molar-refractivity contribution >= 4 is 17.6 Å². The highest BCUT2D eigenvalue weighted by Crippen LogP contribution is 2.06. The van der Waals surface area contributed by atoms with Crippen molar-refractivity contribution in [2.24, 2.45) is 0 Å². The highest BCUT2D eigenvalue weighted by Gasteiger charge is 2.02. The van der Waals surface area contributed by atoms with Crippen molar-refractivity contribution in [3.8, 4) is 0 Å². The van der Waals surface area contributed by atoms with Crippen LogP contribution in [0.1, 0.15) is 11.3 Å². The molecule has 0 saturated heterocycles. The lowest BCUT2D eigenvalue weighted by Crippen LogP contribution is -2.20. The highest BCUT2D eigenvalue weighted by atomic mass is 19.1. The minimum atomic E-state index is -0.327. The molecule has 0 aliphatic rings. The molecule has 1 N–H and O–H groups in total. The van der Waals surface area contributed by atoms with E-state index in [1.165, 1.54) is 18.2 Å². The van der Waals surface area contributed by atoms with Crippen molar-refractivity contribution in [2.75, 3.05) is 0 Å². The summed E-state index contributed by atoms with van der Waals surface area (Å²) in [5, 5.41) is 2.75. The maximum atomic E-state index is 13.0. The van der Waals surface area contributed by atoms with E-state index in [9.17, 15) is 9.18 Å². The van der Waals surface area contributed by atoms with E-state index in [1.54, 1.807) is 18.2 Å². The predicted octanol–water partition coefficient (Wildman–Crippen LogP) is 2.80. The van der Waals surface area contributed by atoms with E-state index in [1.807, 2.05) is 35.0 Å². The first-order valence-electron chi connectivity index (χ1n) is 6.85. The first kappa shape index (κ1) is 14.0. The van der Waals surface area contributed by atoms with E-state index >= 15 is 0 Å². The monoisotopic (exact) mass is 295 g/mol.